The minimum atomic E-state index is 0.0106. The number of nitrogens with zero attached hydrogens (tertiary/aromatic N) is 3. The third-order valence-electron chi connectivity index (χ3n) is 3.66. The van der Waals surface area contributed by atoms with Gasteiger partial charge >= 0.3 is 0 Å². The Kier molecular flexibility index (Phi) is 3.63. The first-order valence-electron chi connectivity index (χ1n) is 6.61. The van der Waals surface area contributed by atoms with Gasteiger partial charge in [-0.05, 0) is 26.4 Å². The summed E-state index contributed by atoms with van der Waals surface area (Å²) in [7, 11) is 2.11. The van der Waals surface area contributed by atoms with Gasteiger partial charge in [0.1, 0.15) is 0 Å². The van der Waals surface area contributed by atoms with Crippen LogP contribution in [0, 0.1) is 0 Å². The van der Waals surface area contributed by atoms with Crippen LogP contribution in [0.25, 0.3) is 4.96 Å². The third-order valence-corrected chi connectivity index (χ3v) is 4.42. The van der Waals surface area contributed by atoms with E-state index in [1.54, 1.807) is 16.7 Å². The molecule has 0 spiro atoms. The molecule has 2 aromatic rings. The molecule has 0 bridgehead atoms. The molecule has 0 aliphatic carbocycles. The first kappa shape index (κ1) is 12.8. The number of nitrogens with one attached hydrogen (secondary N) is 1. The largest absolute Gasteiger partial charge is 0.315 e. The van der Waals surface area contributed by atoms with Gasteiger partial charge in [0.25, 0.3) is 5.56 Å². The highest BCUT2D eigenvalue weighted by atomic mass is 32.1. The molecular weight excluding hydrogens is 260 g/mol. The maximum absolute atomic E-state index is 11.9. The van der Waals surface area contributed by atoms with E-state index >= 15 is 0 Å². The van der Waals surface area contributed by atoms with Crippen LogP contribution in [0.5, 0.6) is 0 Å². The number of thiazole rings is 1. The molecule has 3 heterocycles. The second-order valence-corrected chi connectivity index (χ2v) is 5.93. The summed E-state index contributed by atoms with van der Waals surface area (Å²) in [6.45, 7) is 2.87. The summed E-state index contributed by atoms with van der Waals surface area (Å²) >= 11 is 1.50. The van der Waals surface area contributed by atoms with Crippen molar-refractivity contribution in [3.05, 3.63) is 33.7 Å². The van der Waals surface area contributed by atoms with E-state index in [-0.39, 0.29) is 5.56 Å². The number of likely N-dealkylation sites (N-methyl/N-ethyl adjacent to an activating group) is 1. The van der Waals surface area contributed by atoms with Crippen LogP contribution >= 0.6 is 11.3 Å². The lowest BCUT2D eigenvalue weighted by Crippen LogP contribution is -2.43. The van der Waals surface area contributed by atoms with E-state index in [4.69, 9.17) is 0 Å². The van der Waals surface area contributed by atoms with E-state index in [1.165, 1.54) is 24.2 Å². The summed E-state index contributed by atoms with van der Waals surface area (Å²) in [5, 5.41) is 5.30. The Balaban J connectivity index is 1.78. The van der Waals surface area contributed by atoms with E-state index in [0.29, 0.717) is 6.04 Å². The molecular formula is C13H18N4OS. The molecule has 1 aliphatic rings. The fourth-order valence-corrected chi connectivity index (χ4v) is 3.30. The zero-order valence-corrected chi connectivity index (χ0v) is 11.8. The van der Waals surface area contributed by atoms with E-state index < -0.39 is 0 Å². The second kappa shape index (κ2) is 5.40. The first-order valence-corrected chi connectivity index (χ1v) is 7.49. The molecule has 19 heavy (non-hydrogen) atoms. The van der Waals surface area contributed by atoms with Gasteiger partial charge in [0.05, 0.1) is 5.69 Å². The molecule has 2 aromatic heterocycles. The molecule has 0 aromatic carbocycles. The highest BCUT2D eigenvalue weighted by Crippen LogP contribution is 2.12. The van der Waals surface area contributed by atoms with Crippen molar-refractivity contribution in [2.75, 3.05) is 20.1 Å². The molecule has 5 nitrogen and oxygen atoms in total. The van der Waals surface area contributed by atoms with Crippen LogP contribution in [0.4, 0.5) is 0 Å². The van der Waals surface area contributed by atoms with Crippen LogP contribution in [0.3, 0.4) is 0 Å². The van der Waals surface area contributed by atoms with Crippen molar-refractivity contribution >= 4 is 16.3 Å². The molecule has 102 valence electrons. The smallest absolute Gasteiger partial charge is 0.258 e. The summed E-state index contributed by atoms with van der Waals surface area (Å²) in [6, 6.07) is 2.18. The maximum atomic E-state index is 11.9. The van der Waals surface area contributed by atoms with Crippen LogP contribution in [-0.4, -0.2) is 40.5 Å². The van der Waals surface area contributed by atoms with Gasteiger partial charge in [-0.2, -0.15) is 0 Å². The number of fused-ring (bicyclic) bond motifs is 1. The van der Waals surface area contributed by atoms with Crippen LogP contribution < -0.4 is 10.9 Å². The summed E-state index contributed by atoms with van der Waals surface area (Å²) in [5.41, 5.74) is 0.872. The van der Waals surface area contributed by atoms with Gasteiger partial charge in [-0.15, -0.1) is 11.3 Å². The molecule has 1 unspecified atom stereocenters. The van der Waals surface area contributed by atoms with Gasteiger partial charge < -0.3 is 5.32 Å². The van der Waals surface area contributed by atoms with E-state index in [9.17, 15) is 4.79 Å². The molecule has 0 amide bonds. The number of hydrogen-bond acceptors (Lipinski definition) is 5. The summed E-state index contributed by atoms with van der Waals surface area (Å²) < 4.78 is 1.59. The van der Waals surface area contributed by atoms with Crippen molar-refractivity contribution in [3.63, 3.8) is 0 Å². The molecule has 0 radical (unpaired) electrons. The van der Waals surface area contributed by atoms with Gasteiger partial charge in [0.15, 0.2) is 4.96 Å². The minimum absolute atomic E-state index is 0.0106. The second-order valence-electron chi connectivity index (χ2n) is 5.06. The molecule has 1 saturated heterocycles. The minimum Gasteiger partial charge on any atom is -0.315 e. The molecule has 1 atom stereocenters. The van der Waals surface area contributed by atoms with Crippen molar-refractivity contribution in [2.24, 2.45) is 0 Å². The standard InChI is InChI=1S/C13H18N4OS/c1-16(11-3-2-4-14-8-11)9-10-7-12(18)17-5-6-19-13(17)15-10/h5-7,11,14H,2-4,8-9H2,1H3. The van der Waals surface area contributed by atoms with Crippen LogP contribution in [0.2, 0.25) is 0 Å². The average molecular weight is 278 g/mol. The quantitative estimate of drug-likeness (QED) is 0.908. The molecule has 6 heteroatoms. The van der Waals surface area contributed by atoms with Crippen LogP contribution in [0.15, 0.2) is 22.4 Å². The number of rotatable bonds is 3. The highest BCUT2D eigenvalue weighted by molar-refractivity contribution is 7.15. The van der Waals surface area contributed by atoms with Crippen molar-refractivity contribution < 1.29 is 0 Å². The Bertz CT molecular complexity index is 614. The normalized spacial score (nSPS) is 20.2. The predicted molar refractivity (Wildman–Crippen MR) is 76.7 cm³/mol. The monoisotopic (exact) mass is 278 g/mol. The highest BCUT2D eigenvalue weighted by Gasteiger charge is 2.18. The Morgan fingerprint density at radius 1 is 1.63 bits per heavy atom. The lowest BCUT2D eigenvalue weighted by atomic mass is 10.1. The Morgan fingerprint density at radius 2 is 2.53 bits per heavy atom. The lowest BCUT2D eigenvalue weighted by Gasteiger charge is -2.31. The average Bonchev–Trinajstić information content (AvgIpc) is 2.88. The summed E-state index contributed by atoms with van der Waals surface area (Å²) in [6.07, 6.45) is 4.20. The summed E-state index contributed by atoms with van der Waals surface area (Å²) in [4.78, 5) is 19.5. The Labute approximate surface area is 115 Å². The van der Waals surface area contributed by atoms with Crippen LogP contribution in [-0.2, 0) is 6.54 Å². The van der Waals surface area contributed by atoms with Crippen molar-refractivity contribution in [1.29, 1.82) is 0 Å². The topological polar surface area (TPSA) is 49.6 Å². The SMILES string of the molecule is CN(Cc1cc(=O)n2ccsc2n1)C1CCCNC1. The molecule has 1 fully saturated rings. The molecule has 0 saturated carbocycles. The van der Waals surface area contributed by atoms with Crippen LogP contribution in [0.1, 0.15) is 18.5 Å². The van der Waals surface area contributed by atoms with Crippen molar-refractivity contribution in [2.45, 2.75) is 25.4 Å². The first-order chi connectivity index (χ1) is 9.24. The number of piperidine rings is 1. The molecule has 1 aliphatic heterocycles. The van der Waals surface area contributed by atoms with Crippen molar-refractivity contribution in [1.82, 2.24) is 19.6 Å². The Morgan fingerprint density at radius 3 is 3.32 bits per heavy atom. The molecule has 1 N–H and O–H groups in total. The predicted octanol–water partition coefficient (Wildman–Crippen LogP) is 0.940. The van der Waals surface area contributed by atoms with E-state index in [2.05, 4.69) is 22.2 Å². The number of hydrogen-bond donors (Lipinski definition) is 1. The van der Waals surface area contributed by atoms with E-state index in [0.717, 1.165) is 30.3 Å². The number of aromatic nitrogens is 2. The van der Waals surface area contributed by atoms with Crippen molar-refractivity contribution in [3.8, 4) is 0 Å². The fourth-order valence-electron chi connectivity index (χ4n) is 2.56. The zero-order valence-electron chi connectivity index (χ0n) is 11.0. The van der Waals surface area contributed by atoms with Gasteiger partial charge in [-0.1, -0.05) is 0 Å². The Hall–Kier alpha value is -1.24. The summed E-state index contributed by atoms with van der Waals surface area (Å²) in [5.74, 6) is 0. The third kappa shape index (κ3) is 2.70. The van der Waals surface area contributed by atoms with Gasteiger partial charge in [0.2, 0.25) is 0 Å². The zero-order chi connectivity index (χ0) is 13.2. The van der Waals surface area contributed by atoms with Gasteiger partial charge in [0, 0.05) is 36.8 Å². The fraction of sp³-hybridized carbons (Fsp3) is 0.538. The lowest BCUT2D eigenvalue weighted by molar-refractivity contribution is 0.194. The molecule has 3 rings (SSSR count). The van der Waals surface area contributed by atoms with Gasteiger partial charge in [-0.25, -0.2) is 4.98 Å². The van der Waals surface area contributed by atoms with Gasteiger partial charge in [-0.3, -0.25) is 14.1 Å². The maximum Gasteiger partial charge on any atom is 0.258 e. The van der Waals surface area contributed by atoms with E-state index in [1.807, 2.05) is 5.38 Å².